The summed E-state index contributed by atoms with van der Waals surface area (Å²) in [5.41, 5.74) is 4.48. The van der Waals surface area contributed by atoms with Crippen molar-refractivity contribution in [2.24, 2.45) is 0 Å². The van der Waals surface area contributed by atoms with Gasteiger partial charge in [0.25, 0.3) is 5.91 Å². The second kappa shape index (κ2) is 11.9. The van der Waals surface area contributed by atoms with Gasteiger partial charge in [0, 0.05) is 68.0 Å². The summed E-state index contributed by atoms with van der Waals surface area (Å²) in [4.78, 5) is 44.8. The molecule has 41 heavy (non-hydrogen) atoms. The van der Waals surface area contributed by atoms with Crippen molar-refractivity contribution in [3.05, 3.63) is 66.4 Å². The highest BCUT2D eigenvalue weighted by Gasteiger charge is 2.22. The lowest BCUT2D eigenvalue weighted by Gasteiger charge is -2.34. The highest BCUT2D eigenvalue weighted by Crippen LogP contribution is 2.28. The van der Waals surface area contributed by atoms with E-state index in [1.54, 1.807) is 24.3 Å². The monoisotopic (exact) mass is 554 g/mol. The Morgan fingerprint density at radius 2 is 1.51 bits per heavy atom. The van der Waals surface area contributed by atoms with Crippen LogP contribution in [0.2, 0.25) is 0 Å². The molecule has 2 aliphatic heterocycles. The van der Waals surface area contributed by atoms with Gasteiger partial charge in [-0.1, -0.05) is 6.92 Å². The Bertz CT molecular complexity index is 1510. The number of aromatic nitrogens is 3. The third-order valence-electron chi connectivity index (χ3n) is 7.59. The van der Waals surface area contributed by atoms with Gasteiger partial charge in [-0.2, -0.15) is 0 Å². The Balaban J connectivity index is 1.08. The lowest BCUT2D eigenvalue weighted by molar-refractivity contribution is 0.0643. The Kier molecular flexibility index (Phi) is 7.79. The first kappa shape index (κ1) is 26.7. The number of benzene rings is 2. The minimum atomic E-state index is -0.368. The number of nitrogens with zero attached hydrogens (tertiary/aromatic N) is 5. The van der Waals surface area contributed by atoms with Gasteiger partial charge in [0.2, 0.25) is 0 Å². The van der Waals surface area contributed by atoms with E-state index in [0.29, 0.717) is 36.0 Å². The number of hydrogen-bond donors (Lipinski definition) is 3. The number of nitrogens with one attached hydrogen (secondary N) is 3. The van der Waals surface area contributed by atoms with Crippen molar-refractivity contribution in [3.63, 3.8) is 0 Å². The number of carbonyl (C=O) groups is 2. The van der Waals surface area contributed by atoms with E-state index in [4.69, 9.17) is 14.7 Å². The second-order valence-corrected chi connectivity index (χ2v) is 10.2. The predicted molar refractivity (Wildman–Crippen MR) is 159 cm³/mol. The van der Waals surface area contributed by atoms with Crippen molar-refractivity contribution < 1.29 is 14.3 Å². The van der Waals surface area contributed by atoms with E-state index in [-0.39, 0.29) is 11.9 Å². The molecule has 0 unspecified atom stereocenters. The van der Waals surface area contributed by atoms with Gasteiger partial charge in [-0.3, -0.25) is 4.79 Å². The van der Waals surface area contributed by atoms with Crippen molar-refractivity contribution in [3.8, 4) is 11.4 Å². The summed E-state index contributed by atoms with van der Waals surface area (Å²) in [6.07, 6.45) is 1.87. The molecular weight excluding hydrogens is 520 g/mol. The molecule has 11 nitrogen and oxygen atoms in total. The molecule has 0 aliphatic carbocycles. The molecule has 3 amide bonds. The number of amides is 3. The second-order valence-electron chi connectivity index (χ2n) is 10.2. The van der Waals surface area contributed by atoms with Crippen LogP contribution in [0.3, 0.4) is 0 Å². The quantitative estimate of drug-likeness (QED) is 0.331. The summed E-state index contributed by atoms with van der Waals surface area (Å²) in [5.74, 6) is 1.51. The number of rotatable bonds is 6. The highest BCUT2D eigenvalue weighted by atomic mass is 16.5. The van der Waals surface area contributed by atoms with Crippen LogP contribution in [0.15, 0.2) is 60.8 Å². The van der Waals surface area contributed by atoms with Crippen LogP contribution in [-0.4, -0.2) is 95.7 Å². The van der Waals surface area contributed by atoms with Crippen LogP contribution in [0.25, 0.3) is 22.4 Å². The van der Waals surface area contributed by atoms with Crippen molar-refractivity contribution in [1.29, 1.82) is 0 Å². The van der Waals surface area contributed by atoms with Crippen molar-refractivity contribution >= 4 is 40.2 Å². The normalized spacial score (nSPS) is 16.1. The van der Waals surface area contributed by atoms with Crippen LogP contribution >= 0.6 is 0 Å². The summed E-state index contributed by atoms with van der Waals surface area (Å²) in [6.45, 7) is 9.29. The third kappa shape index (κ3) is 6.01. The first-order valence-electron chi connectivity index (χ1n) is 14.1. The topological polar surface area (TPSA) is 119 Å². The molecule has 6 rings (SSSR count). The van der Waals surface area contributed by atoms with Crippen molar-refractivity contribution in [2.75, 3.05) is 74.6 Å². The third-order valence-corrected chi connectivity index (χ3v) is 7.59. The number of carbonyl (C=O) groups excluding carboxylic acids is 2. The van der Waals surface area contributed by atoms with E-state index in [2.05, 4.69) is 32.3 Å². The minimum Gasteiger partial charge on any atom is -0.378 e. The minimum absolute atomic E-state index is 0.0218. The predicted octanol–water partition coefficient (Wildman–Crippen LogP) is 3.88. The fourth-order valence-electron chi connectivity index (χ4n) is 5.20. The van der Waals surface area contributed by atoms with Gasteiger partial charge < -0.3 is 35.1 Å². The number of urea groups is 1. The number of ether oxygens (including phenoxy) is 1. The molecule has 2 aromatic heterocycles. The fourth-order valence-corrected chi connectivity index (χ4v) is 5.20. The van der Waals surface area contributed by atoms with Gasteiger partial charge >= 0.3 is 6.03 Å². The Morgan fingerprint density at radius 1 is 0.854 bits per heavy atom. The van der Waals surface area contributed by atoms with E-state index in [1.807, 2.05) is 41.4 Å². The van der Waals surface area contributed by atoms with Crippen LogP contribution in [0.5, 0.6) is 0 Å². The number of anilines is 3. The molecule has 0 bridgehead atoms. The van der Waals surface area contributed by atoms with Gasteiger partial charge in [-0.25, -0.2) is 14.8 Å². The maximum absolute atomic E-state index is 12.8. The molecule has 3 N–H and O–H groups in total. The highest BCUT2D eigenvalue weighted by molar-refractivity contribution is 6.00. The SMILES string of the molecule is CCN1CCN(C(=O)c2ccc(NC(=O)Nc3ccc(-c4nc(N5CCOCC5)c5[nH]ccc5n4)cc3)cc2)CC1. The number of H-pyrrole nitrogens is 1. The molecule has 2 saturated heterocycles. The van der Waals surface area contributed by atoms with Gasteiger partial charge in [-0.15, -0.1) is 0 Å². The first-order valence-corrected chi connectivity index (χ1v) is 14.1. The number of aromatic amines is 1. The fraction of sp³-hybridized carbons (Fsp3) is 0.333. The molecule has 2 aromatic carbocycles. The van der Waals surface area contributed by atoms with E-state index in [0.717, 1.165) is 68.2 Å². The lowest BCUT2D eigenvalue weighted by Crippen LogP contribution is -2.48. The number of morpholine rings is 1. The number of likely N-dealkylation sites (N-methyl/N-ethyl adjacent to an activating group) is 1. The van der Waals surface area contributed by atoms with E-state index >= 15 is 0 Å². The summed E-state index contributed by atoms with van der Waals surface area (Å²) >= 11 is 0. The van der Waals surface area contributed by atoms with Crippen LogP contribution in [-0.2, 0) is 4.74 Å². The molecule has 11 heteroatoms. The largest absolute Gasteiger partial charge is 0.378 e. The molecule has 0 radical (unpaired) electrons. The average Bonchev–Trinajstić information content (AvgIpc) is 3.50. The summed E-state index contributed by atoms with van der Waals surface area (Å²) in [7, 11) is 0. The van der Waals surface area contributed by atoms with Crippen LogP contribution < -0.4 is 15.5 Å². The maximum Gasteiger partial charge on any atom is 0.323 e. The van der Waals surface area contributed by atoms with Gasteiger partial charge in [0.05, 0.1) is 18.7 Å². The Morgan fingerprint density at radius 3 is 2.17 bits per heavy atom. The Labute approximate surface area is 238 Å². The van der Waals surface area contributed by atoms with Crippen LogP contribution in [0, 0.1) is 0 Å². The molecule has 4 aromatic rings. The van der Waals surface area contributed by atoms with Crippen LogP contribution in [0.4, 0.5) is 22.0 Å². The maximum atomic E-state index is 12.8. The molecule has 4 heterocycles. The number of piperazine rings is 1. The number of hydrogen-bond acceptors (Lipinski definition) is 7. The molecule has 2 fully saturated rings. The molecule has 212 valence electrons. The molecule has 0 atom stereocenters. The van der Waals surface area contributed by atoms with Crippen molar-refractivity contribution in [1.82, 2.24) is 24.8 Å². The number of fused-ring (bicyclic) bond motifs is 1. The van der Waals surface area contributed by atoms with Crippen LogP contribution in [0.1, 0.15) is 17.3 Å². The zero-order valence-corrected chi connectivity index (χ0v) is 23.1. The lowest BCUT2D eigenvalue weighted by atomic mass is 10.1. The zero-order chi connectivity index (χ0) is 28.2. The average molecular weight is 555 g/mol. The van der Waals surface area contributed by atoms with Crippen molar-refractivity contribution in [2.45, 2.75) is 6.92 Å². The standard InChI is InChI=1S/C30H34N8O3/c1-2-36-13-15-38(16-14-36)29(39)22-5-9-24(10-6-22)33-30(40)32-23-7-3-21(4-8-23)27-34-25-11-12-31-26(25)28(35-27)37-17-19-41-20-18-37/h3-12,31H,2,13-20H2,1H3,(H2,32,33,40). The van der Waals surface area contributed by atoms with E-state index < -0.39 is 0 Å². The molecule has 0 saturated carbocycles. The Hall–Kier alpha value is -4.48. The zero-order valence-electron chi connectivity index (χ0n) is 23.1. The summed E-state index contributed by atoms with van der Waals surface area (Å²) < 4.78 is 5.50. The molecule has 2 aliphatic rings. The molecule has 0 spiro atoms. The first-order chi connectivity index (χ1) is 20.1. The smallest absolute Gasteiger partial charge is 0.323 e. The van der Waals surface area contributed by atoms with Gasteiger partial charge in [0.1, 0.15) is 5.52 Å². The summed E-state index contributed by atoms with van der Waals surface area (Å²) in [6, 6.07) is 16.0. The van der Waals surface area contributed by atoms with E-state index in [9.17, 15) is 9.59 Å². The summed E-state index contributed by atoms with van der Waals surface area (Å²) in [5, 5.41) is 5.69. The molecular formula is C30H34N8O3. The van der Waals surface area contributed by atoms with Gasteiger partial charge in [0.15, 0.2) is 11.6 Å². The van der Waals surface area contributed by atoms with E-state index in [1.165, 1.54) is 0 Å². The van der Waals surface area contributed by atoms with Gasteiger partial charge in [-0.05, 0) is 61.1 Å².